The zero-order valence-corrected chi connectivity index (χ0v) is 15.4. The molecule has 0 aliphatic carbocycles. The molecule has 0 bridgehead atoms. The number of carbonyl (C=O) groups is 1. The Bertz CT molecular complexity index is 1010. The second-order valence-corrected chi connectivity index (χ2v) is 6.46. The molecule has 4 rings (SSSR count). The second-order valence-electron chi connectivity index (χ2n) is 6.46. The molecular formula is C21H21N5O2. The molecule has 7 nitrogen and oxygen atoms in total. The van der Waals surface area contributed by atoms with Crippen molar-refractivity contribution in [3.05, 3.63) is 66.4 Å². The molecule has 0 radical (unpaired) electrons. The number of likely N-dealkylation sites (N-methyl/N-ethyl adjacent to an activating group) is 1. The maximum atomic E-state index is 11.7. The predicted octanol–water partition coefficient (Wildman–Crippen LogP) is 2.75. The fourth-order valence-electron chi connectivity index (χ4n) is 3.29. The SMILES string of the molecule is CNCC(=O)Nc1ccc(-c2cn(-c3ccccc3)c3c2C(O)N=CN3)cc1. The number of nitrogens with one attached hydrogen (secondary N) is 3. The Labute approximate surface area is 162 Å². The maximum Gasteiger partial charge on any atom is 0.238 e. The van der Waals surface area contributed by atoms with E-state index in [2.05, 4.69) is 20.9 Å². The van der Waals surface area contributed by atoms with Gasteiger partial charge in [-0.05, 0) is 36.9 Å². The van der Waals surface area contributed by atoms with Gasteiger partial charge in [-0.25, -0.2) is 4.99 Å². The number of nitrogens with zero attached hydrogens (tertiary/aromatic N) is 2. The van der Waals surface area contributed by atoms with Crippen molar-refractivity contribution < 1.29 is 9.90 Å². The summed E-state index contributed by atoms with van der Waals surface area (Å²) >= 11 is 0. The lowest BCUT2D eigenvalue weighted by Gasteiger charge is -2.17. The van der Waals surface area contributed by atoms with Crippen molar-refractivity contribution in [1.29, 1.82) is 0 Å². The third-order valence-corrected chi connectivity index (χ3v) is 4.57. The molecule has 142 valence electrons. The van der Waals surface area contributed by atoms with E-state index < -0.39 is 6.23 Å². The number of aliphatic hydroxyl groups excluding tert-OH is 1. The van der Waals surface area contributed by atoms with Gasteiger partial charge in [0, 0.05) is 23.1 Å². The van der Waals surface area contributed by atoms with Crippen LogP contribution in [0.25, 0.3) is 16.8 Å². The van der Waals surface area contributed by atoms with Crippen LogP contribution in [0, 0.1) is 0 Å². The first kappa shape index (κ1) is 18.0. The van der Waals surface area contributed by atoms with Gasteiger partial charge in [-0.3, -0.25) is 4.79 Å². The van der Waals surface area contributed by atoms with Gasteiger partial charge in [0.1, 0.15) is 5.82 Å². The minimum absolute atomic E-state index is 0.100. The molecule has 2 heterocycles. The number of aliphatic hydroxyl groups is 1. The van der Waals surface area contributed by atoms with Gasteiger partial charge < -0.3 is 25.6 Å². The largest absolute Gasteiger partial charge is 0.368 e. The predicted molar refractivity (Wildman–Crippen MR) is 111 cm³/mol. The highest BCUT2D eigenvalue weighted by atomic mass is 16.3. The Balaban J connectivity index is 1.72. The van der Waals surface area contributed by atoms with E-state index in [9.17, 15) is 9.90 Å². The fourth-order valence-corrected chi connectivity index (χ4v) is 3.29. The molecular weight excluding hydrogens is 354 g/mol. The van der Waals surface area contributed by atoms with Crippen LogP contribution in [0.1, 0.15) is 11.8 Å². The topological polar surface area (TPSA) is 90.7 Å². The number of amides is 1. The Kier molecular flexibility index (Phi) is 4.92. The molecule has 0 saturated carbocycles. The van der Waals surface area contributed by atoms with Crippen LogP contribution in [0.4, 0.5) is 11.5 Å². The number of hydrogen-bond donors (Lipinski definition) is 4. The molecule has 1 amide bonds. The standard InChI is InChI=1S/C21H21N5O2/c1-22-11-18(27)25-15-9-7-14(8-10-15)17-12-26(16-5-3-2-4-6-16)20-19(17)21(28)24-13-23-20/h2-10,12-13,21-22,28H,11H2,1H3,(H,23,24)(H,25,27). The summed E-state index contributed by atoms with van der Waals surface area (Å²) in [6.07, 6.45) is 2.56. The summed E-state index contributed by atoms with van der Waals surface area (Å²) in [4.78, 5) is 15.8. The van der Waals surface area contributed by atoms with Crippen molar-refractivity contribution in [2.75, 3.05) is 24.2 Å². The van der Waals surface area contributed by atoms with Crippen LogP contribution < -0.4 is 16.0 Å². The Morgan fingerprint density at radius 3 is 2.64 bits per heavy atom. The number of hydrogen-bond acceptors (Lipinski definition) is 5. The number of para-hydroxylation sites is 1. The van der Waals surface area contributed by atoms with E-state index in [1.54, 1.807) is 7.05 Å². The van der Waals surface area contributed by atoms with E-state index in [0.29, 0.717) is 0 Å². The molecule has 0 saturated heterocycles. The second kappa shape index (κ2) is 7.67. The average Bonchev–Trinajstić information content (AvgIpc) is 3.10. The number of aliphatic imine (C=N–C) groups is 1. The van der Waals surface area contributed by atoms with Crippen molar-refractivity contribution in [2.24, 2.45) is 4.99 Å². The van der Waals surface area contributed by atoms with Gasteiger partial charge in [0.2, 0.25) is 5.91 Å². The minimum atomic E-state index is -0.939. The zero-order chi connectivity index (χ0) is 19.5. The maximum absolute atomic E-state index is 11.7. The minimum Gasteiger partial charge on any atom is -0.368 e. The van der Waals surface area contributed by atoms with E-state index in [4.69, 9.17) is 0 Å². The Morgan fingerprint density at radius 1 is 1.18 bits per heavy atom. The van der Waals surface area contributed by atoms with Gasteiger partial charge in [-0.2, -0.15) is 0 Å². The first-order valence-electron chi connectivity index (χ1n) is 8.99. The summed E-state index contributed by atoms with van der Waals surface area (Å²) < 4.78 is 2.00. The van der Waals surface area contributed by atoms with Crippen LogP contribution in [-0.2, 0) is 4.79 Å². The molecule has 0 fully saturated rings. The van der Waals surface area contributed by atoms with Crippen LogP contribution in [-0.4, -0.2) is 35.5 Å². The molecule has 1 aliphatic heterocycles. The molecule has 3 aromatic rings. The van der Waals surface area contributed by atoms with Gasteiger partial charge in [-0.15, -0.1) is 0 Å². The Hall–Kier alpha value is -3.42. The lowest BCUT2D eigenvalue weighted by atomic mass is 10.0. The summed E-state index contributed by atoms with van der Waals surface area (Å²) in [5, 5.41) is 19.3. The van der Waals surface area contributed by atoms with Gasteiger partial charge in [-0.1, -0.05) is 30.3 Å². The van der Waals surface area contributed by atoms with Crippen molar-refractivity contribution in [3.8, 4) is 16.8 Å². The number of rotatable bonds is 5. The monoisotopic (exact) mass is 375 g/mol. The summed E-state index contributed by atoms with van der Waals surface area (Å²) in [6.45, 7) is 0.255. The molecule has 0 spiro atoms. The fraction of sp³-hybridized carbons (Fsp3) is 0.143. The van der Waals surface area contributed by atoms with Crippen LogP contribution in [0.5, 0.6) is 0 Å². The first-order valence-corrected chi connectivity index (χ1v) is 8.99. The molecule has 1 unspecified atom stereocenters. The quantitative estimate of drug-likeness (QED) is 0.552. The van der Waals surface area contributed by atoms with E-state index >= 15 is 0 Å². The smallest absolute Gasteiger partial charge is 0.238 e. The zero-order valence-electron chi connectivity index (χ0n) is 15.4. The molecule has 28 heavy (non-hydrogen) atoms. The van der Waals surface area contributed by atoms with Crippen LogP contribution in [0.3, 0.4) is 0 Å². The lowest BCUT2D eigenvalue weighted by molar-refractivity contribution is -0.115. The number of carbonyl (C=O) groups excluding carboxylic acids is 1. The van der Waals surface area contributed by atoms with Crippen molar-refractivity contribution in [3.63, 3.8) is 0 Å². The van der Waals surface area contributed by atoms with Crippen LogP contribution in [0.2, 0.25) is 0 Å². The van der Waals surface area contributed by atoms with Crippen molar-refractivity contribution >= 4 is 23.8 Å². The van der Waals surface area contributed by atoms with E-state index in [1.165, 1.54) is 6.34 Å². The van der Waals surface area contributed by atoms with Crippen molar-refractivity contribution in [2.45, 2.75) is 6.23 Å². The number of aromatic nitrogens is 1. The van der Waals surface area contributed by atoms with E-state index in [0.717, 1.165) is 33.9 Å². The summed E-state index contributed by atoms with van der Waals surface area (Å²) in [5.74, 6) is 0.687. The van der Waals surface area contributed by atoms with E-state index in [1.807, 2.05) is 65.4 Å². The number of anilines is 2. The first-order chi connectivity index (χ1) is 13.7. The highest BCUT2D eigenvalue weighted by Crippen LogP contribution is 2.39. The molecule has 1 aliphatic rings. The third-order valence-electron chi connectivity index (χ3n) is 4.57. The normalized spacial score (nSPS) is 15.0. The number of benzene rings is 2. The molecule has 4 N–H and O–H groups in total. The van der Waals surface area contributed by atoms with E-state index in [-0.39, 0.29) is 12.5 Å². The third kappa shape index (κ3) is 3.40. The molecule has 2 aromatic carbocycles. The summed E-state index contributed by atoms with van der Waals surface area (Å²) in [7, 11) is 1.73. The van der Waals surface area contributed by atoms with Crippen LogP contribution in [0.15, 0.2) is 65.8 Å². The average molecular weight is 375 g/mol. The van der Waals surface area contributed by atoms with Crippen molar-refractivity contribution in [1.82, 2.24) is 9.88 Å². The Morgan fingerprint density at radius 2 is 1.93 bits per heavy atom. The highest BCUT2D eigenvalue weighted by molar-refractivity contribution is 5.92. The summed E-state index contributed by atoms with van der Waals surface area (Å²) in [5.41, 5.74) is 4.23. The lowest BCUT2D eigenvalue weighted by Crippen LogP contribution is -2.24. The van der Waals surface area contributed by atoms with Gasteiger partial charge >= 0.3 is 0 Å². The summed E-state index contributed by atoms with van der Waals surface area (Å²) in [6, 6.07) is 17.5. The van der Waals surface area contributed by atoms with Gasteiger partial charge in [0.25, 0.3) is 0 Å². The number of fused-ring (bicyclic) bond motifs is 1. The molecule has 1 atom stereocenters. The van der Waals surface area contributed by atoms with Gasteiger partial charge in [0.15, 0.2) is 6.23 Å². The van der Waals surface area contributed by atoms with Crippen LogP contribution >= 0.6 is 0 Å². The molecule has 7 heteroatoms. The highest BCUT2D eigenvalue weighted by Gasteiger charge is 2.25. The van der Waals surface area contributed by atoms with Gasteiger partial charge in [0.05, 0.1) is 18.4 Å². The molecule has 1 aromatic heterocycles.